The quantitative estimate of drug-likeness (QED) is 0.845. The third-order valence-electron chi connectivity index (χ3n) is 4.72. The lowest BCUT2D eigenvalue weighted by molar-refractivity contribution is 0.202. The molecule has 2 nitrogen and oxygen atoms in total. The van der Waals surface area contributed by atoms with E-state index in [4.69, 9.17) is 0 Å². The van der Waals surface area contributed by atoms with Crippen molar-refractivity contribution < 1.29 is 0 Å². The van der Waals surface area contributed by atoms with Crippen molar-refractivity contribution in [3.8, 4) is 0 Å². The summed E-state index contributed by atoms with van der Waals surface area (Å²) in [5.41, 5.74) is 2.71. The van der Waals surface area contributed by atoms with Crippen LogP contribution in [0.2, 0.25) is 0 Å². The molecule has 2 heteroatoms. The summed E-state index contributed by atoms with van der Waals surface area (Å²) in [6.45, 7) is 8.06. The molecule has 1 N–H and O–H groups in total. The van der Waals surface area contributed by atoms with Gasteiger partial charge in [-0.2, -0.15) is 0 Å². The van der Waals surface area contributed by atoms with Crippen molar-refractivity contribution in [1.29, 1.82) is 0 Å². The largest absolute Gasteiger partial charge is 0.312 e. The molecule has 0 saturated heterocycles. The second kappa shape index (κ2) is 6.06. The van der Waals surface area contributed by atoms with Gasteiger partial charge < -0.3 is 10.2 Å². The van der Waals surface area contributed by atoms with Gasteiger partial charge in [-0.1, -0.05) is 36.8 Å². The van der Waals surface area contributed by atoms with Crippen molar-refractivity contribution in [2.45, 2.75) is 39.3 Å². The normalized spacial score (nSPS) is 25.4. The average molecular weight is 260 g/mol. The standard InChI is InChI=1S/C17H28N2/c1-12-6-8-15(9-7-12)17(18-4)14(3)19(5)11-16-10-13(16)2/h6-9,13-14,16-18H,10-11H2,1-5H3. The minimum absolute atomic E-state index is 0.402. The van der Waals surface area contributed by atoms with Crippen LogP contribution >= 0.6 is 0 Å². The molecule has 0 amide bonds. The van der Waals surface area contributed by atoms with Crippen molar-refractivity contribution in [2.24, 2.45) is 11.8 Å². The molecule has 1 aromatic rings. The number of nitrogens with zero attached hydrogens (tertiary/aromatic N) is 1. The Morgan fingerprint density at radius 3 is 2.37 bits per heavy atom. The third kappa shape index (κ3) is 3.58. The lowest BCUT2D eigenvalue weighted by Crippen LogP contribution is -2.40. The first-order valence-corrected chi connectivity index (χ1v) is 7.47. The van der Waals surface area contributed by atoms with Crippen molar-refractivity contribution >= 4 is 0 Å². The van der Waals surface area contributed by atoms with Crippen LogP contribution in [0.15, 0.2) is 24.3 Å². The Hall–Kier alpha value is -0.860. The Morgan fingerprint density at radius 1 is 1.32 bits per heavy atom. The smallest absolute Gasteiger partial charge is 0.0472 e. The number of benzene rings is 1. The molecular weight excluding hydrogens is 232 g/mol. The van der Waals surface area contributed by atoms with E-state index in [1.807, 2.05) is 0 Å². The van der Waals surface area contributed by atoms with E-state index in [9.17, 15) is 0 Å². The highest BCUT2D eigenvalue weighted by Gasteiger charge is 2.34. The Labute approximate surface area is 118 Å². The first-order valence-electron chi connectivity index (χ1n) is 7.47. The monoisotopic (exact) mass is 260 g/mol. The first-order chi connectivity index (χ1) is 9.02. The minimum atomic E-state index is 0.402. The van der Waals surface area contributed by atoms with Crippen LogP contribution in [-0.2, 0) is 0 Å². The summed E-state index contributed by atoms with van der Waals surface area (Å²) in [5, 5.41) is 3.48. The van der Waals surface area contributed by atoms with Gasteiger partial charge in [-0.25, -0.2) is 0 Å². The molecule has 0 aliphatic heterocycles. The molecule has 106 valence electrons. The number of hydrogen-bond donors (Lipinski definition) is 1. The van der Waals surface area contributed by atoms with E-state index in [1.165, 1.54) is 24.1 Å². The van der Waals surface area contributed by atoms with Crippen LogP contribution < -0.4 is 5.32 Å². The predicted octanol–water partition coefficient (Wildman–Crippen LogP) is 3.23. The lowest BCUT2D eigenvalue weighted by Gasteiger charge is -2.32. The van der Waals surface area contributed by atoms with Crippen LogP contribution in [0.4, 0.5) is 0 Å². The number of rotatable bonds is 6. The summed E-state index contributed by atoms with van der Waals surface area (Å²) in [6, 6.07) is 9.83. The van der Waals surface area contributed by atoms with Crippen molar-refractivity contribution in [1.82, 2.24) is 10.2 Å². The van der Waals surface area contributed by atoms with Gasteiger partial charge in [0.2, 0.25) is 0 Å². The van der Waals surface area contributed by atoms with Crippen molar-refractivity contribution in [3.05, 3.63) is 35.4 Å². The summed E-state index contributed by atoms with van der Waals surface area (Å²) in [6.07, 6.45) is 1.41. The summed E-state index contributed by atoms with van der Waals surface area (Å²) in [5.74, 6) is 1.85. The van der Waals surface area contributed by atoms with Gasteiger partial charge in [0.05, 0.1) is 0 Å². The molecule has 0 radical (unpaired) electrons. The van der Waals surface area contributed by atoms with Gasteiger partial charge in [0, 0.05) is 18.6 Å². The molecule has 0 bridgehead atoms. The molecule has 4 atom stereocenters. The second-order valence-corrected chi connectivity index (χ2v) is 6.33. The Bertz CT molecular complexity index is 398. The zero-order valence-corrected chi connectivity index (χ0v) is 13.0. The van der Waals surface area contributed by atoms with E-state index >= 15 is 0 Å². The first kappa shape index (κ1) is 14.5. The molecule has 0 spiro atoms. The third-order valence-corrected chi connectivity index (χ3v) is 4.72. The number of likely N-dealkylation sites (N-methyl/N-ethyl adjacent to an activating group) is 2. The number of aryl methyl sites for hydroxylation is 1. The topological polar surface area (TPSA) is 15.3 Å². The molecular formula is C17H28N2. The van der Waals surface area contributed by atoms with Crippen LogP contribution in [0.3, 0.4) is 0 Å². The van der Waals surface area contributed by atoms with Gasteiger partial charge in [0.1, 0.15) is 0 Å². The SMILES string of the molecule is CNC(c1ccc(C)cc1)C(C)N(C)CC1CC1C. The minimum Gasteiger partial charge on any atom is -0.312 e. The Kier molecular flexibility index (Phi) is 4.64. The molecule has 1 saturated carbocycles. The maximum Gasteiger partial charge on any atom is 0.0472 e. The van der Waals surface area contributed by atoms with Gasteiger partial charge in [0.25, 0.3) is 0 Å². The van der Waals surface area contributed by atoms with Crippen LogP contribution in [0.25, 0.3) is 0 Å². The maximum absolute atomic E-state index is 3.48. The summed E-state index contributed by atoms with van der Waals surface area (Å²) >= 11 is 0. The molecule has 1 aliphatic rings. The highest BCUT2D eigenvalue weighted by atomic mass is 15.2. The van der Waals surface area contributed by atoms with E-state index in [1.54, 1.807) is 0 Å². The van der Waals surface area contributed by atoms with E-state index < -0.39 is 0 Å². The van der Waals surface area contributed by atoms with Crippen molar-refractivity contribution in [2.75, 3.05) is 20.6 Å². The van der Waals surface area contributed by atoms with Gasteiger partial charge in [-0.3, -0.25) is 0 Å². The van der Waals surface area contributed by atoms with Gasteiger partial charge in [-0.15, -0.1) is 0 Å². The molecule has 19 heavy (non-hydrogen) atoms. The molecule has 1 fully saturated rings. The summed E-state index contributed by atoms with van der Waals surface area (Å²) in [7, 11) is 4.32. The number of hydrogen-bond acceptors (Lipinski definition) is 2. The zero-order valence-electron chi connectivity index (χ0n) is 13.0. The maximum atomic E-state index is 3.48. The van der Waals surface area contributed by atoms with Gasteiger partial charge in [0.15, 0.2) is 0 Å². The Balaban J connectivity index is 2.01. The van der Waals surface area contributed by atoms with Gasteiger partial charge in [-0.05, 0) is 51.8 Å². The van der Waals surface area contributed by atoms with E-state index in [0.717, 1.165) is 11.8 Å². The summed E-state index contributed by atoms with van der Waals surface area (Å²) < 4.78 is 0. The highest BCUT2D eigenvalue weighted by molar-refractivity contribution is 5.25. The molecule has 2 rings (SSSR count). The van der Waals surface area contributed by atoms with Crippen LogP contribution in [0.1, 0.15) is 37.4 Å². The fourth-order valence-electron chi connectivity index (χ4n) is 2.90. The zero-order chi connectivity index (χ0) is 14.0. The van der Waals surface area contributed by atoms with E-state index in [2.05, 4.69) is 69.3 Å². The molecule has 0 aromatic heterocycles. The van der Waals surface area contributed by atoms with E-state index in [0.29, 0.717) is 12.1 Å². The van der Waals surface area contributed by atoms with E-state index in [-0.39, 0.29) is 0 Å². The highest BCUT2D eigenvalue weighted by Crippen LogP contribution is 2.38. The molecule has 4 unspecified atom stereocenters. The van der Waals surface area contributed by atoms with Crippen LogP contribution in [-0.4, -0.2) is 31.6 Å². The fourth-order valence-corrected chi connectivity index (χ4v) is 2.90. The fraction of sp³-hybridized carbons (Fsp3) is 0.647. The Morgan fingerprint density at radius 2 is 1.89 bits per heavy atom. The second-order valence-electron chi connectivity index (χ2n) is 6.33. The summed E-state index contributed by atoms with van der Waals surface area (Å²) in [4.78, 5) is 2.51. The average Bonchev–Trinajstić information content (AvgIpc) is 3.07. The number of nitrogens with one attached hydrogen (secondary N) is 1. The molecule has 1 aliphatic carbocycles. The van der Waals surface area contributed by atoms with Crippen LogP contribution in [0, 0.1) is 18.8 Å². The van der Waals surface area contributed by atoms with Gasteiger partial charge >= 0.3 is 0 Å². The van der Waals surface area contributed by atoms with Crippen molar-refractivity contribution in [3.63, 3.8) is 0 Å². The molecule has 0 heterocycles. The van der Waals surface area contributed by atoms with Crippen LogP contribution in [0.5, 0.6) is 0 Å². The lowest BCUT2D eigenvalue weighted by atomic mass is 9.98. The predicted molar refractivity (Wildman–Crippen MR) is 82.3 cm³/mol. The molecule has 1 aromatic carbocycles.